The summed E-state index contributed by atoms with van der Waals surface area (Å²) in [5, 5.41) is 3.03. The van der Waals surface area contributed by atoms with Gasteiger partial charge in [0.1, 0.15) is 10.8 Å². The first-order valence-corrected chi connectivity index (χ1v) is 8.65. The number of rotatable bonds is 2. The van der Waals surface area contributed by atoms with Crippen LogP contribution in [0.4, 0.5) is 0 Å². The van der Waals surface area contributed by atoms with Crippen LogP contribution in [-0.2, 0) is 11.2 Å². The molecule has 1 fully saturated rings. The molecule has 1 aromatic carbocycles. The number of nitrogens with zero attached hydrogens (tertiary/aromatic N) is 2. The molecule has 4 rings (SSSR count). The highest BCUT2D eigenvalue weighted by Crippen LogP contribution is 2.35. The summed E-state index contributed by atoms with van der Waals surface area (Å²) in [6.45, 7) is 0.805. The summed E-state index contributed by atoms with van der Waals surface area (Å²) in [5.41, 5.74) is 1.13. The normalized spacial score (nSPS) is 23.9. The fourth-order valence-electron chi connectivity index (χ4n) is 3.36. The number of hydrogen-bond donors (Lipinski definition) is 0. The van der Waals surface area contributed by atoms with Gasteiger partial charge in [0, 0.05) is 24.5 Å². The third-order valence-corrected chi connectivity index (χ3v) is 5.32. The largest absolute Gasteiger partial charge is 0.480 e. The molecule has 4 nitrogen and oxygen atoms in total. The van der Waals surface area contributed by atoms with E-state index in [0.29, 0.717) is 6.42 Å². The van der Waals surface area contributed by atoms with Gasteiger partial charge in [0.15, 0.2) is 6.10 Å². The number of thiazole rings is 1. The fraction of sp³-hybridized carbons (Fsp3) is 0.412. The summed E-state index contributed by atoms with van der Waals surface area (Å²) >= 11 is 1.63. The zero-order chi connectivity index (χ0) is 14.9. The smallest absolute Gasteiger partial charge is 0.264 e. The van der Waals surface area contributed by atoms with Crippen LogP contribution in [0.5, 0.6) is 5.75 Å². The Kier molecular flexibility index (Phi) is 3.58. The monoisotopic (exact) mass is 314 g/mol. The second kappa shape index (κ2) is 5.72. The zero-order valence-electron chi connectivity index (χ0n) is 12.3. The Bertz CT molecular complexity index is 646. The highest BCUT2D eigenvalue weighted by molar-refractivity contribution is 7.09. The molecule has 0 radical (unpaired) electrons. The van der Waals surface area contributed by atoms with Crippen molar-refractivity contribution >= 4 is 17.2 Å². The quantitative estimate of drug-likeness (QED) is 0.855. The maximum atomic E-state index is 13.0. The topological polar surface area (TPSA) is 42.4 Å². The van der Waals surface area contributed by atoms with Crippen LogP contribution in [0.3, 0.4) is 0 Å². The predicted molar refractivity (Wildman–Crippen MR) is 85.0 cm³/mol. The first-order valence-electron chi connectivity index (χ1n) is 7.77. The number of aromatic nitrogens is 1. The van der Waals surface area contributed by atoms with E-state index < -0.39 is 0 Å². The second-order valence-corrected chi connectivity index (χ2v) is 6.76. The number of carbonyl (C=O) groups excluding carboxylic acids is 1. The second-order valence-electron chi connectivity index (χ2n) is 5.83. The molecule has 114 valence electrons. The van der Waals surface area contributed by atoms with E-state index >= 15 is 0 Å². The SMILES string of the molecule is O=C([C@@H]1Cc2ccccc2O1)N1CCCC[C@@H]1c1nccs1. The number of para-hydroxylation sites is 1. The van der Waals surface area contributed by atoms with Crippen molar-refractivity contribution in [3.8, 4) is 5.75 Å². The van der Waals surface area contributed by atoms with E-state index in [2.05, 4.69) is 4.98 Å². The van der Waals surface area contributed by atoms with Gasteiger partial charge < -0.3 is 9.64 Å². The van der Waals surface area contributed by atoms with Gasteiger partial charge in [-0.05, 0) is 30.9 Å². The third kappa shape index (κ3) is 2.39. The van der Waals surface area contributed by atoms with Crippen molar-refractivity contribution in [2.45, 2.75) is 37.8 Å². The molecule has 0 aliphatic carbocycles. The molecule has 0 spiro atoms. The summed E-state index contributed by atoms with van der Waals surface area (Å²) in [6, 6.07) is 8.04. The molecular formula is C17H18N2O2S. The lowest BCUT2D eigenvalue weighted by Crippen LogP contribution is -2.45. The average Bonchev–Trinajstić information content (AvgIpc) is 3.23. The fourth-order valence-corrected chi connectivity index (χ4v) is 4.14. The zero-order valence-corrected chi connectivity index (χ0v) is 13.1. The lowest BCUT2D eigenvalue weighted by Gasteiger charge is -2.35. The summed E-state index contributed by atoms with van der Waals surface area (Å²) in [5.74, 6) is 0.958. The molecule has 0 N–H and O–H groups in total. The Hall–Kier alpha value is -1.88. The Morgan fingerprint density at radius 1 is 1.32 bits per heavy atom. The van der Waals surface area contributed by atoms with Crippen molar-refractivity contribution in [3.63, 3.8) is 0 Å². The lowest BCUT2D eigenvalue weighted by molar-refractivity contribution is -0.142. The van der Waals surface area contributed by atoms with E-state index in [1.165, 1.54) is 0 Å². The molecule has 0 unspecified atom stereocenters. The van der Waals surface area contributed by atoms with E-state index in [0.717, 1.165) is 42.1 Å². The van der Waals surface area contributed by atoms with E-state index in [9.17, 15) is 4.79 Å². The van der Waals surface area contributed by atoms with E-state index in [4.69, 9.17) is 4.74 Å². The maximum absolute atomic E-state index is 13.0. The first kappa shape index (κ1) is 13.8. The highest BCUT2D eigenvalue weighted by Gasteiger charge is 2.37. The Labute approximate surface area is 133 Å². The minimum Gasteiger partial charge on any atom is -0.480 e. The van der Waals surface area contributed by atoms with E-state index in [1.54, 1.807) is 11.3 Å². The van der Waals surface area contributed by atoms with Crippen molar-refractivity contribution in [1.82, 2.24) is 9.88 Å². The molecule has 3 heterocycles. The van der Waals surface area contributed by atoms with Gasteiger partial charge in [-0.25, -0.2) is 4.98 Å². The van der Waals surface area contributed by atoms with Gasteiger partial charge in [-0.3, -0.25) is 4.79 Å². The number of ether oxygens (including phenoxy) is 1. The summed E-state index contributed by atoms with van der Waals surface area (Å²) < 4.78 is 5.88. The number of carbonyl (C=O) groups is 1. The lowest BCUT2D eigenvalue weighted by atomic mass is 10.0. The van der Waals surface area contributed by atoms with Crippen LogP contribution in [0.25, 0.3) is 0 Å². The number of amides is 1. The van der Waals surface area contributed by atoms with Gasteiger partial charge >= 0.3 is 0 Å². The molecule has 2 atom stereocenters. The van der Waals surface area contributed by atoms with Gasteiger partial charge in [0.05, 0.1) is 6.04 Å². The van der Waals surface area contributed by atoms with Crippen LogP contribution in [0.1, 0.15) is 35.9 Å². The number of hydrogen-bond acceptors (Lipinski definition) is 4. The third-order valence-electron chi connectivity index (χ3n) is 4.44. The van der Waals surface area contributed by atoms with Crippen molar-refractivity contribution < 1.29 is 9.53 Å². The van der Waals surface area contributed by atoms with Crippen LogP contribution in [0.2, 0.25) is 0 Å². The summed E-state index contributed by atoms with van der Waals surface area (Å²) in [4.78, 5) is 19.4. The molecule has 0 saturated carbocycles. The Morgan fingerprint density at radius 3 is 3.05 bits per heavy atom. The van der Waals surface area contributed by atoms with Crippen molar-refractivity contribution in [2.24, 2.45) is 0 Å². The predicted octanol–water partition coefficient (Wildman–Crippen LogP) is 3.20. The molecule has 0 bridgehead atoms. The number of likely N-dealkylation sites (tertiary alicyclic amines) is 1. The Morgan fingerprint density at radius 2 is 2.23 bits per heavy atom. The molecule has 5 heteroatoms. The number of benzene rings is 1. The molecule has 1 amide bonds. The molecular weight excluding hydrogens is 296 g/mol. The average molecular weight is 314 g/mol. The minimum absolute atomic E-state index is 0.108. The van der Waals surface area contributed by atoms with Gasteiger partial charge in [0.2, 0.25) is 0 Å². The minimum atomic E-state index is -0.377. The maximum Gasteiger partial charge on any atom is 0.264 e. The van der Waals surface area contributed by atoms with Crippen molar-refractivity contribution in [3.05, 3.63) is 46.4 Å². The standard InChI is InChI=1S/C17H18N2O2S/c20-17(15-11-12-5-1-2-7-14(12)21-15)19-9-4-3-6-13(19)16-18-8-10-22-16/h1-2,5,7-8,10,13,15H,3-4,6,9,11H2/t13-,15+/m1/s1. The van der Waals surface area contributed by atoms with Gasteiger partial charge in [-0.1, -0.05) is 18.2 Å². The first-order chi connectivity index (χ1) is 10.8. The summed E-state index contributed by atoms with van der Waals surface area (Å²) in [7, 11) is 0. The van der Waals surface area contributed by atoms with E-state index in [-0.39, 0.29) is 18.1 Å². The molecule has 2 aliphatic heterocycles. The van der Waals surface area contributed by atoms with Crippen molar-refractivity contribution in [1.29, 1.82) is 0 Å². The Balaban J connectivity index is 1.54. The molecule has 2 aliphatic rings. The number of piperidine rings is 1. The van der Waals surface area contributed by atoms with Gasteiger partial charge in [-0.15, -0.1) is 11.3 Å². The van der Waals surface area contributed by atoms with E-state index in [1.807, 2.05) is 40.7 Å². The van der Waals surface area contributed by atoms with Crippen LogP contribution in [0, 0.1) is 0 Å². The molecule has 22 heavy (non-hydrogen) atoms. The van der Waals surface area contributed by atoms with Crippen LogP contribution < -0.4 is 4.74 Å². The highest BCUT2D eigenvalue weighted by atomic mass is 32.1. The molecule has 2 aromatic rings. The molecule has 1 aromatic heterocycles. The van der Waals surface area contributed by atoms with Crippen LogP contribution in [-0.4, -0.2) is 28.4 Å². The van der Waals surface area contributed by atoms with Gasteiger partial charge in [-0.2, -0.15) is 0 Å². The molecule has 1 saturated heterocycles. The van der Waals surface area contributed by atoms with Gasteiger partial charge in [0.25, 0.3) is 5.91 Å². The van der Waals surface area contributed by atoms with Crippen molar-refractivity contribution in [2.75, 3.05) is 6.54 Å². The number of fused-ring (bicyclic) bond motifs is 1. The summed E-state index contributed by atoms with van der Waals surface area (Å²) in [6.07, 6.45) is 5.33. The van der Waals surface area contributed by atoms with Crippen LogP contribution in [0.15, 0.2) is 35.8 Å². The van der Waals surface area contributed by atoms with Crippen LogP contribution >= 0.6 is 11.3 Å².